The highest BCUT2D eigenvalue weighted by molar-refractivity contribution is 9.10. The van der Waals surface area contributed by atoms with Crippen molar-refractivity contribution in [2.24, 2.45) is 0 Å². The molecule has 3 nitrogen and oxygen atoms in total. The number of ether oxygens (including phenoxy) is 2. The first kappa shape index (κ1) is 20.5. The highest BCUT2D eigenvalue weighted by atomic mass is 79.9. The van der Waals surface area contributed by atoms with E-state index in [-0.39, 0.29) is 5.82 Å². The Labute approximate surface area is 177 Å². The summed E-state index contributed by atoms with van der Waals surface area (Å²) in [7, 11) is 0. The van der Waals surface area contributed by atoms with Crippen LogP contribution in [0.25, 0.3) is 0 Å². The first-order valence-electron chi connectivity index (χ1n) is 8.87. The van der Waals surface area contributed by atoms with Crippen molar-refractivity contribution in [2.75, 3.05) is 11.9 Å². The fourth-order valence-electron chi connectivity index (χ4n) is 2.63. The van der Waals surface area contributed by atoms with Crippen molar-refractivity contribution < 1.29 is 13.9 Å². The van der Waals surface area contributed by atoms with E-state index in [4.69, 9.17) is 21.1 Å². The molecule has 0 unspecified atom stereocenters. The Kier molecular flexibility index (Phi) is 7.18. The third kappa shape index (κ3) is 5.40. The third-order valence-electron chi connectivity index (χ3n) is 4.08. The summed E-state index contributed by atoms with van der Waals surface area (Å²) in [5.74, 6) is 1.04. The first-order valence-corrected chi connectivity index (χ1v) is 10.0. The number of benzene rings is 3. The van der Waals surface area contributed by atoms with Gasteiger partial charge in [-0.25, -0.2) is 4.39 Å². The molecule has 0 saturated carbocycles. The van der Waals surface area contributed by atoms with Gasteiger partial charge in [-0.15, -0.1) is 0 Å². The maximum Gasteiger partial charge on any atom is 0.162 e. The summed E-state index contributed by atoms with van der Waals surface area (Å²) in [5, 5.41) is 3.94. The smallest absolute Gasteiger partial charge is 0.162 e. The molecule has 3 aromatic rings. The summed E-state index contributed by atoms with van der Waals surface area (Å²) >= 11 is 9.80. The normalized spacial score (nSPS) is 10.6. The van der Waals surface area contributed by atoms with Crippen molar-refractivity contribution in [3.63, 3.8) is 0 Å². The summed E-state index contributed by atoms with van der Waals surface area (Å²) in [5.41, 5.74) is 2.74. The Hall–Kier alpha value is -2.24. The molecule has 0 heterocycles. The van der Waals surface area contributed by atoms with E-state index in [0.29, 0.717) is 36.3 Å². The monoisotopic (exact) mass is 463 g/mol. The number of anilines is 1. The van der Waals surface area contributed by atoms with Crippen LogP contribution in [-0.2, 0) is 13.2 Å². The molecule has 3 rings (SSSR count). The van der Waals surface area contributed by atoms with Crippen LogP contribution in [0.3, 0.4) is 0 Å². The van der Waals surface area contributed by atoms with Gasteiger partial charge in [0.15, 0.2) is 11.5 Å². The minimum absolute atomic E-state index is 0.259. The lowest BCUT2D eigenvalue weighted by Crippen LogP contribution is -2.04. The second-order valence-corrected chi connectivity index (χ2v) is 7.33. The second kappa shape index (κ2) is 9.80. The Morgan fingerprint density at radius 1 is 0.964 bits per heavy atom. The predicted molar refractivity (Wildman–Crippen MR) is 115 cm³/mol. The zero-order valence-electron chi connectivity index (χ0n) is 15.3. The number of nitrogens with one attached hydrogen (secondary N) is 1. The summed E-state index contributed by atoms with van der Waals surface area (Å²) in [6.07, 6.45) is 0. The van der Waals surface area contributed by atoms with Gasteiger partial charge in [0, 0.05) is 27.3 Å². The van der Waals surface area contributed by atoms with E-state index in [1.807, 2.05) is 43.3 Å². The van der Waals surface area contributed by atoms with Crippen LogP contribution in [0.5, 0.6) is 11.5 Å². The molecule has 0 radical (unpaired) electrons. The molecule has 0 atom stereocenters. The number of rotatable bonds is 8. The summed E-state index contributed by atoms with van der Waals surface area (Å²) in [6.45, 7) is 3.35. The molecule has 28 heavy (non-hydrogen) atoms. The van der Waals surface area contributed by atoms with E-state index < -0.39 is 0 Å². The van der Waals surface area contributed by atoms with E-state index in [1.54, 1.807) is 12.1 Å². The number of halogens is 3. The SMILES string of the molecule is CCOc1cc(CNc2ccc(F)cc2)c(Br)cc1OCc1ccccc1Cl. The van der Waals surface area contributed by atoms with Gasteiger partial charge in [-0.1, -0.05) is 45.7 Å². The Bertz CT molecular complexity index is 934. The summed E-state index contributed by atoms with van der Waals surface area (Å²) in [4.78, 5) is 0. The van der Waals surface area contributed by atoms with Crippen molar-refractivity contribution in [3.8, 4) is 11.5 Å². The number of hydrogen-bond acceptors (Lipinski definition) is 3. The van der Waals surface area contributed by atoms with Crippen molar-refractivity contribution in [3.05, 3.63) is 87.1 Å². The average molecular weight is 465 g/mol. The zero-order chi connectivity index (χ0) is 19.9. The van der Waals surface area contributed by atoms with Gasteiger partial charge in [-0.05, 0) is 55.0 Å². The molecule has 0 spiro atoms. The van der Waals surface area contributed by atoms with Gasteiger partial charge >= 0.3 is 0 Å². The van der Waals surface area contributed by atoms with Crippen LogP contribution in [0.15, 0.2) is 65.1 Å². The van der Waals surface area contributed by atoms with Gasteiger partial charge in [-0.2, -0.15) is 0 Å². The maximum atomic E-state index is 13.0. The van der Waals surface area contributed by atoms with Gasteiger partial charge < -0.3 is 14.8 Å². The molecule has 0 fully saturated rings. The van der Waals surface area contributed by atoms with Crippen LogP contribution in [0.4, 0.5) is 10.1 Å². The first-order chi connectivity index (χ1) is 13.6. The van der Waals surface area contributed by atoms with Crippen LogP contribution in [0.2, 0.25) is 5.02 Å². The standard InChI is InChI=1S/C22H20BrClFNO2/c1-2-27-21-11-16(13-26-18-9-7-17(25)8-10-18)19(23)12-22(21)28-14-15-5-3-4-6-20(15)24/h3-12,26H,2,13-14H2,1H3. The molecule has 0 amide bonds. The van der Waals surface area contributed by atoms with E-state index in [1.165, 1.54) is 12.1 Å². The second-order valence-electron chi connectivity index (χ2n) is 6.06. The molecule has 0 aromatic heterocycles. The fourth-order valence-corrected chi connectivity index (χ4v) is 3.28. The topological polar surface area (TPSA) is 30.5 Å². The highest BCUT2D eigenvalue weighted by Crippen LogP contribution is 2.35. The van der Waals surface area contributed by atoms with Crippen LogP contribution in [0, 0.1) is 5.82 Å². The lowest BCUT2D eigenvalue weighted by atomic mass is 10.2. The average Bonchev–Trinajstić information content (AvgIpc) is 2.69. The molecule has 0 saturated heterocycles. The highest BCUT2D eigenvalue weighted by Gasteiger charge is 2.12. The van der Waals surface area contributed by atoms with E-state index in [0.717, 1.165) is 21.3 Å². The molecule has 1 N–H and O–H groups in total. The molecule has 0 aliphatic carbocycles. The van der Waals surface area contributed by atoms with Crippen LogP contribution < -0.4 is 14.8 Å². The van der Waals surface area contributed by atoms with Crippen LogP contribution in [-0.4, -0.2) is 6.61 Å². The maximum absolute atomic E-state index is 13.0. The molecule has 0 aliphatic heterocycles. The van der Waals surface area contributed by atoms with E-state index in [9.17, 15) is 4.39 Å². The van der Waals surface area contributed by atoms with E-state index >= 15 is 0 Å². The lowest BCUT2D eigenvalue weighted by Gasteiger charge is -2.16. The predicted octanol–water partition coefficient (Wildman–Crippen LogP) is 6.83. The van der Waals surface area contributed by atoms with E-state index in [2.05, 4.69) is 21.2 Å². The lowest BCUT2D eigenvalue weighted by molar-refractivity contribution is 0.269. The molecule has 146 valence electrons. The number of hydrogen-bond donors (Lipinski definition) is 1. The zero-order valence-corrected chi connectivity index (χ0v) is 17.7. The molecule has 3 aromatic carbocycles. The van der Waals surface area contributed by atoms with Crippen LogP contribution >= 0.6 is 27.5 Å². The Morgan fingerprint density at radius 3 is 2.39 bits per heavy atom. The van der Waals surface area contributed by atoms with Gasteiger partial charge in [0.1, 0.15) is 12.4 Å². The largest absolute Gasteiger partial charge is 0.490 e. The summed E-state index contributed by atoms with van der Waals surface area (Å²) in [6, 6.07) is 17.7. The van der Waals surface area contributed by atoms with Gasteiger partial charge in [0.2, 0.25) is 0 Å². The molecule has 6 heteroatoms. The minimum atomic E-state index is -0.259. The Morgan fingerprint density at radius 2 is 1.68 bits per heavy atom. The molecular formula is C22H20BrClFNO2. The molecular weight excluding hydrogens is 445 g/mol. The minimum Gasteiger partial charge on any atom is -0.490 e. The van der Waals surface area contributed by atoms with Gasteiger partial charge in [0.05, 0.1) is 6.61 Å². The van der Waals surface area contributed by atoms with Crippen molar-refractivity contribution >= 4 is 33.2 Å². The summed E-state index contributed by atoms with van der Waals surface area (Å²) < 4.78 is 25.7. The van der Waals surface area contributed by atoms with Gasteiger partial charge in [0.25, 0.3) is 0 Å². The van der Waals surface area contributed by atoms with Crippen molar-refractivity contribution in [2.45, 2.75) is 20.1 Å². The van der Waals surface area contributed by atoms with Gasteiger partial charge in [-0.3, -0.25) is 0 Å². The van der Waals surface area contributed by atoms with Crippen molar-refractivity contribution in [1.82, 2.24) is 0 Å². The Balaban J connectivity index is 1.75. The molecule has 0 aliphatic rings. The quantitative estimate of drug-likeness (QED) is 0.396. The molecule has 0 bridgehead atoms. The van der Waals surface area contributed by atoms with Crippen LogP contribution in [0.1, 0.15) is 18.1 Å². The third-order valence-corrected chi connectivity index (χ3v) is 5.19. The fraction of sp³-hybridized carbons (Fsp3) is 0.182. The van der Waals surface area contributed by atoms with Crippen molar-refractivity contribution in [1.29, 1.82) is 0 Å².